The first-order valence-electron chi connectivity index (χ1n) is 10.7. The van der Waals surface area contributed by atoms with Crippen molar-refractivity contribution in [1.29, 1.82) is 0 Å². The van der Waals surface area contributed by atoms with E-state index >= 15 is 0 Å². The second-order valence-corrected chi connectivity index (χ2v) is 10.2. The van der Waals surface area contributed by atoms with Gasteiger partial charge in [-0.2, -0.15) is 0 Å². The number of hydrogen-bond acceptors (Lipinski definition) is 3. The van der Waals surface area contributed by atoms with Gasteiger partial charge in [0.1, 0.15) is 10.9 Å². The van der Waals surface area contributed by atoms with Crippen molar-refractivity contribution >= 4 is 35.0 Å². The molecule has 0 aliphatic rings. The van der Waals surface area contributed by atoms with E-state index in [2.05, 4.69) is 5.32 Å². The topological polar surface area (TPSA) is 58.2 Å². The summed E-state index contributed by atoms with van der Waals surface area (Å²) < 4.78 is 55.5. The molecule has 0 radical (unpaired) electrons. The molecule has 0 fully saturated rings. The van der Waals surface area contributed by atoms with Crippen LogP contribution in [0.3, 0.4) is 0 Å². The first-order chi connectivity index (χ1) is 16.4. The lowest BCUT2D eigenvalue weighted by atomic mass is 9.92. The number of amides is 2. The number of halogens is 4. The van der Waals surface area contributed by atoms with Crippen molar-refractivity contribution in [2.45, 2.75) is 37.3 Å². The van der Waals surface area contributed by atoms with Gasteiger partial charge in [-0.05, 0) is 29.2 Å². The second-order valence-electron chi connectivity index (χ2n) is 9.05. The molecule has 0 spiro atoms. The summed E-state index contributed by atoms with van der Waals surface area (Å²) >= 11 is 1.05. The zero-order valence-corrected chi connectivity index (χ0v) is 20.1. The van der Waals surface area contributed by atoms with E-state index in [0.717, 1.165) is 11.8 Å². The van der Waals surface area contributed by atoms with E-state index in [4.69, 9.17) is 0 Å². The summed E-state index contributed by atoms with van der Waals surface area (Å²) in [6, 6.07) is 15.2. The summed E-state index contributed by atoms with van der Waals surface area (Å²) in [6.07, 6.45) is 0.306. The quantitative estimate of drug-likeness (QED) is 0.205. The zero-order chi connectivity index (χ0) is 25.8. The number of benzene rings is 3. The predicted molar refractivity (Wildman–Crippen MR) is 129 cm³/mol. The van der Waals surface area contributed by atoms with Crippen LogP contribution in [0.4, 0.5) is 28.9 Å². The number of anilines is 2. The Morgan fingerprint density at radius 2 is 1.49 bits per heavy atom. The third-order valence-electron chi connectivity index (χ3n) is 4.76. The average molecular weight is 505 g/mol. The number of rotatable bonds is 7. The molecule has 4 nitrogen and oxygen atoms in total. The van der Waals surface area contributed by atoms with Gasteiger partial charge < -0.3 is 10.6 Å². The maximum absolute atomic E-state index is 14.1. The molecule has 0 bridgehead atoms. The summed E-state index contributed by atoms with van der Waals surface area (Å²) in [5.41, 5.74) is -0.388. The molecular formula is C26H24F4N2O2S. The molecule has 184 valence electrons. The van der Waals surface area contributed by atoms with Crippen LogP contribution in [0.5, 0.6) is 0 Å². The second kappa shape index (κ2) is 10.9. The molecule has 2 N–H and O–H groups in total. The van der Waals surface area contributed by atoms with Gasteiger partial charge in [0.05, 0.1) is 0 Å². The lowest BCUT2D eigenvalue weighted by Crippen LogP contribution is -2.21. The molecule has 9 heteroatoms. The van der Waals surface area contributed by atoms with Crippen LogP contribution in [0.15, 0.2) is 65.6 Å². The molecule has 0 heterocycles. The maximum Gasteiger partial charge on any atom is 0.242 e. The molecule has 3 aromatic rings. The number of carbonyl (C=O) groups excluding carboxylic acids is 2. The van der Waals surface area contributed by atoms with E-state index in [-0.39, 0.29) is 17.4 Å². The van der Waals surface area contributed by atoms with E-state index in [9.17, 15) is 27.2 Å². The molecule has 0 saturated carbocycles. The van der Waals surface area contributed by atoms with Crippen LogP contribution in [0, 0.1) is 28.7 Å². The fourth-order valence-electron chi connectivity index (χ4n) is 3.24. The lowest BCUT2D eigenvalue weighted by molar-refractivity contribution is -0.118. The highest BCUT2D eigenvalue weighted by atomic mass is 32.2. The van der Waals surface area contributed by atoms with E-state index in [0.29, 0.717) is 22.6 Å². The van der Waals surface area contributed by atoms with Gasteiger partial charge >= 0.3 is 0 Å². The van der Waals surface area contributed by atoms with Crippen molar-refractivity contribution in [2.24, 2.45) is 5.41 Å². The molecule has 1 unspecified atom stereocenters. The largest absolute Gasteiger partial charge is 0.326 e. The normalized spacial score (nSPS) is 12.2. The van der Waals surface area contributed by atoms with E-state index in [1.807, 2.05) is 26.1 Å². The Kier molecular flexibility index (Phi) is 8.22. The highest BCUT2D eigenvalue weighted by Crippen LogP contribution is 2.38. The Bertz CT molecular complexity index is 1200. The zero-order valence-electron chi connectivity index (χ0n) is 19.3. The van der Waals surface area contributed by atoms with Crippen LogP contribution in [0.25, 0.3) is 0 Å². The van der Waals surface area contributed by atoms with Gasteiger partial charge in [0.2, 0.25) is 11.8 Å². The minimum Gasteiger partial charge on any atom is -0.326 e. The molecular weight excluding hydrogens is 480 g/mol. The van der Waals surface area contributed by atoms with Gasteiger partial charge in [-0.25, -0.2) is 17.6 Å². The molecule has 3 rings (SSSR count). The highest BCUT2D eigenvalue weighted by Gasteiger charge is 2.27. The summed E-state index contributed by atoms with van der Waals surface area (Å²) in [6.45, 7) is 5.83. The van der Waals surface area contributed by atoms with Crippen molar-refractivity contribution in [3.63, 3.8) is 0 Å². The Morgan fingerprint density at radius 1 is 0.857 bits per heavy atom. The molecule has 2 amide bonds. The number of carbonyl (C=O) groups is 2. The van der Waals surface area contributed by atoms with Gasteiger partial charge in [-0.3, -0.25) is 9.59 Å². The van der Waals surface area contributed by atoms with E-state index < -0.39 is 40.1 Å². The summed E-state index contributed by atoms with van der Waals surface area (Å²) in [5, 5.41) is 3.78. The van der Waals surface area contributed by atoms with Crippen LogP contribution in [0.1, 0.15) is 38.0 Å². The molecule has 0 aliphatic heterocycles. The summed E-state index contributed by atoms with van der Waals surface area (Å²) in [4.78, 5) is 26.0. The fraction of sp³-hybridized carbons (Fsp3) is 0.231. The molecule has 3 aromatic carbocycles. The van der Waals surface area contributed by atoms with Crippen molar-refractivity contribution in [3.05, 3.63) is 89.5 Å². The highest BCUT2D eigenvalue weighted by molar-refractivity contribution is 8.00. The molecule has 1 atom stereocenters. The van der Waals surface area contributed by atoms with E-state index in [1.54, 1.807) is 54.6 Å². The van der Waals surface area contributed by atoms with Crippen molar-refractivity contribution in [3.8, 4) is 0 Å². The monoisotopic (exact) mass is 504 g/mol. The molecule has 0 aromatic heterocycles. The van der Waals surface area contributed by atoms with Gasteiger partial charge in [0.25, 0.3) is 0 Å². The van der Waals surface area contributed by atoms with Crippen LogP contribution in [-0.4, -0.2) is 11.8 Å². The van der Waals surface area contributed by atoms with Crippen LogP contribution < -0.4 is 10.6 Å². The van der Waals surface area contributed by atoms with Crippen LogP contribution in [0.2, 0.25) is 0 Å². The Labute approximate surface area is 205 Å². The number of hydrogen-bond donors (Lipinski definition) is 2. The van der Waals surface area contributed by atoms with Crippen molar-refractivity contribution < 1.29 is 27.2 Å². The number of thioether (sulfide) groups is 1. The minimum atomic E-state index is -1.70. The SMILES string of the molecule is CC(C)(C)CC(=O)Nc1cccc(SC(C(=O)Nc2c(F)c(F)cc(F)c2F)c2ccccc2)c1. The van der Waals surface area contributed by atoms with Crippen LogP contribution in [-0.2, 0) is 9.59 Å². The molecule has 0 saturated heterocycles. The van der Waals surface area contributed by atoms with Gasteiger partial charge in [0, 0.05) is 23.1 Å². The smallest absolute Gasteiger partial charge is 0.242 e. The standard InChI is InChI=1S/C26H24F4N2O2S/c1-26(2,3)14-20(33)31-16-10-7-11-17(12-16)35-24(15-8-5-4-6-9-15)25(34)32-23-21(29)18(27)13-19(28)22(23)30/h4-13,24H,14H2,1-3H3,(H,31,33)(H,32,34). The Hall–Kier alpha value is -3.33. The summed E-state index contributed by atoms with van der Waals surface area (Å²) in [5.74, 6) is -7.69. The third-order valence-corrected chi connectivity index (χ3v) is 6.01. The van der Waals surface area contributed by atoms with E-state index in [1.165, 1.54) is 0 Å². The fourth-order valence-corrected chi connectivity index (χ4v) is 4.33. The first kappa shape index (κ1) is 26.3. The average Bonchev–Trinajstić information content (AvgIpc) is 2.78. The first-order valence-corrected chi connectivity index (χ1v) is 11.6. The van der Waals surface area contributed by atoms with Gasteiger partial charge in [-0.1, -0.05) is 57.2 Å². The third kappa shape index (κ3) is 7.08. The van der Waals surface area contributed by atoms with Gasteiger partial charge in [0.15, 0.2) is 23.3 Å². The number of nitrogens with one attached hydrogen (secondary N) is 2. The molecule has 35 heavy (non-hydrogen) atoms. The molecule has 0 aliphatic carbocycles. The Balaban J connectivity index is 1.88. The Morgan fingerprint density at radius 3 is 2.09 bits per heavy atom. The van der Waals surface area contributed by atoms with Gasteiger partial charge in [-0.15, -0.1) is 11.8 Å². The van der Waals surface area contributed by atoms with Crippen LogP contribution >= 0.6 is 11.8 Å². The maximum atomic E-state index is 14.1. The van der Waals surface area contributed by atoms with Crippen molar-refractivity contribution in [2.75, 3.05) is 10.6 Å². The summed E-state index contributed by atoms with van der Waals surface area (Å²) in [7, 11) is 0. The van der Waals surface area contributed by atoms with Crippen molar-refractivity contribution in [1.82, 2.24) is 0 Å². The predicted octanol–water partition coefficient (Wildman–Crippen LogP) is 7.09. The lowest BCUT2D eigenvalue weighted by Gasteiger charge is -2.19. The minimum absolute atomic E-state index is 0.0726.